The lowest BCUT2D eigenvalue weighted by Crippen LogP contribution is -2.09. The standard InChI is InChI=1S/C16H13Br3O4/c1-21-6-7-22-14-4-2-10(8-12(14)18)16(20)23-15-5-3-11(17)9-13(15)19/h2-5,8-9H,6-7H2,1H3. The van der Waals surface area contributed by atoms with Gasteiger partial charge in [-0.2, -0.15) is 0 Å². The van der Waals surface area contributed by atoms with Crippen molar-refractivity contribution in [3.8, 4) is 11.5 Å². The average molecular weight is 509 g/mol. The second-order valence-electron chi connectivity index (χ2n) is 4.45. The predicted octanol–water partition coefficient (Wildman–Crippen LogP) is 5.22. The third-order valence-corrected chi connectivity index (χ3v) is 4.54. The molecule has 0 fully saturated rings. The highest BCUT2D eigenvalue weighted by atomic mass is 79.9. The van der Waals surface area contributed by atoms with Crippen molar-refractivity contribution in [2.45, 2.75) is 0 Å². The second kappa shape index (κ2) is 8.82. The zero-order valence-corrected chi connectivity index (χ0v) is 16.9. The van der Waals surface area contributed by atoms with Crippen molar-refractivity contribution in [1.29, 1.82) is 0 Å². The van der Waals surface area contributed by atoms with E-state index in [0.717, 1.165) is 4.47 Å². The summed E-state index contributed by atoms with van der Waals surface area (Å²) in [5.41, 5.74) is 0.422. The van der Waals surface area contributed by atoms with Crippen LogP contribution < -0.4 is 9.47 Å². The topological polar surface area (TPSA) is 44.8 Å². The van der Waals surface area contributed by atoms with Crippen LogP contribution in [0.4, 0.5) is 0 Å². The number of methoxy groups -OCH3 is 1. The van der Waals surface area contributed by atoms with Crippen LogP contribution in [0.1, 0.15) is 10.4 Å². The zero-order valence-electron chi connectivity index (χ0n) is 12.1. The molecule has 2 aromatic carbocycles. The fourth-order valence-electron chi connectivity index (χ4n) is 1.70. The lowest BCUT2D eigenvalue weighted by Gasteiger charge is -2.10. The first-order chi connectivity index (χ1) is 11.0. The van der Waals surface area contributed by atoms with Gasteiger partial charge in [0.2, 0.25) is 0 Å². The van der Waals surface area contributed by atoms with Crippen molar-refractivity contribution in [2.75, 3.05) is 20.3 Å². The molecule has 4 nitrogen and oxygen atoms in total. The largest absolute Gasteiger partial charge is 0.490 e. The molecule has 0 spiro atoms. The Kier molecular flexibility index (Phi) is 7.08. The van der Waals surface area contributed by atoms with E-state index in [9.17, 15) is 4.79 Å². The summed E-state index contributed by atoms with van der Waals surface area (Å²) in [6.07, 6.45) is 0. The predicted molar refractivity (Wildman–Crippen MR) is 98.3 cm³/mol. The Morgan fingerprint density at radius 1 is 0.957 bits per heavy atom. The molecule has 0 aliphatic carbocycles. The third-order valence-electron chi connectivity index (χ3n) is 2.81. The minimum atomic E-state index is -0.447. The molecule has 122 valence electrons. The van der Waals surface area contributed by atoms with Gasteiger partial charge in [-0.1, -0.05) is 15.9 Å². The smallest absolute Gasteiger partial charge is 0.343 e. The summed E-state index contributed by atoms with van der Waals surface area (Å²) < 4.78 is 18.1. The van der Waals surface area contributed by atoms with Crippen molar-refractivity contribution < 1.29 is 19.0 Å². The second-order valence-corrected chi connectivity index (χ2v) is 7.08. The Bertz CT molecular complexity index is 704. The monoisotopic (exact) mass is 506 g/mol. The molecule has 2 aromatic rings. The molecule has 7 heteroatoms. The molecule has 0 saturated carbocycles. The number of benzene rings is 2. The quantitative estimate of drug-likeness (QED) is 0.305. The van der Waals surface area contributed by atoms with Gasteiger partial charge in [0.15, 0.2) is 0 Å². The van der Waals surface area contributed by atoms with Gasteiger partial charge in [-0.15, -0.1) is 0 Å². The Hall–Kier alpha value is -0.890. The number of carbonyl (C=O) groups excluding carboxylic acids is 1. The van der Waals surface area contributed by atoms with Gasteiger partial charge in [0.25, 0.3) is 0 Å². The van der Waals surface area contributed by atoms with Gasteiger partial charge in [0.1, 0.15) is 18.1 Å². The number of hydrogen-bond acceptors (Lipinski definition) is 4. The van der Waals surface area contributed by atoms with Crippen LogP contribution in [0.25, 0.3) is 0 Å². The van der Waals surface area contributed by atoms with Gasteiger partial charge in [-0.25, -0.2) is 4.79 Å². The van der Waals surface area contributed by atoms with Gasteiger partial charge >= 0.3 is 5.97 Å². The van der Waals surface area contributed by atoms with Crippen LogP contribution >= 0.6 is 47.8 Å². The molecule has 2 rings (SSSR count). The summed E-state index contributed by atoms with van der Waals surface area (Å²) in [7, 11) is 1.61. The zero-order chi connectivity index (χ0) is 16.8. The van der Waals surface area contributed by atoms with E-state index in [1.165, 1.54) is 0 Å². The summed E-state index contributed by atoms with van der Waals surface area (Å²) in [5.74, 6) is 0.648. The van der Waals surface area contributed by atoms with Gasteiger partial charge in [-0.05, 0) is 68.3 Å². The normalized spacial score (nSPS) is 10.4. The molecular formula is C16H13Br3O4. The SMILES string of the molecule is COCCOc1ccc(C(=O)Oc2ccc(Br)cc2Br)cc1Br. The van der Waals surface area contributed by atoms with Crippen LogP contribution in [0.15, 0.2) is 49.8 Å². The Morgan fingerprint density at radius 2 is 1.65 bits per heavy atom. The summed E-state index contributed by atoms with van der Waals surface area (Å²) in [6.45, 7) is 0.929. The first-order valence-electron chi connectivity index (χ1n) is 6.60. The van der Waals surface area contributed by atoms with Gasteiger partial charge in [0.05, 0.1) is 21.1 Å². The van der Waals surface area contributed by atoms with E-state index in [2.05, 4.69) is 47.8 Å². The van der Waals surface area contributed by atoms with Crippen LogP contribution in [0.5, 0.6) is 11.5 Å². The van der Waals surface area contributed by atoms with Crippen molar-refractivity contribution >= 4 is 53.8 Å². The van der Waals surface area contributed by atoms with Crippen molar-refractivity contribution in [2.24, 2.45) is 0 Å². The van der Waals surface area contributed by atoms with Gasteiger partial charge in [-0.3, -0.25) is 0 Å². The molecule has 0 aromatic heterocycles. The third kappa shape index (κ3) is 5.31. The Morgan fingerprint density at radius 3 is 2.30 bits per heavy atom. The molecular weight excluding hydrogens is 496 g/mol. The molecule has 0 bridgehead atoms. The summed E-state index contributed by atoms with van der Waals surface area (Å²) >= 11 is 10.1. The van der Waals surface area contributed by atoms with Crippen LogP contribution in [-0.4, -0.2) is 26.3 Å². The number of rotatable bonds is 6. The number of esters is 1. The molecule has 0 atom stereocenters. The molecule has 0 radical (unpaired) electrons. The molecule has 0 aliphatic heterocycles. The molecule has 0 heterocycles. The summed E-state index contributed by atoms with van der Waals surface area (Å²) in [5, 5.41) is 0. The molecule has 0 amide bonds. The van der Waals surface area contributed by atoms with Crippen LogP contribution in [0.2, 0.25) is 0 Å². The number of hydrogen-bond donors (Lipinski definition) is 0. The van der Waals surface area contributed by atoms with Crippen LogP contribution in [0.3, 0.4) is 0 Å². The van der Waals surface area contributed by atoms with E-state index < -0.39 is 5.97 Å². The summed E-state index contributed by atoms with van der Waals surface area (Å²) in [6, 6.07) is 10.4. The Labute approximate surface area is 159 Å². The minimum absolute atomic E-state index is 0.422. The van der Waals surface area contributed by atoms with Crippen molar-refractivity contribution in [3.05, 3.63) is 55.4 Å². The maximum atomic E-state index is 12.2. The highest BCUT2D eigenvalue weighted by Crippen LogP contribution is 2.30. The van der Waals surface area contributed by atoms with Crippen LogP contribution in [0, 0.1) is 0 Å². The fraction of sp³-hybridized carbons (Fsp3) is 0.188. The Balaban J connectivity index is 2.09. The van der Waals surface area contributed by atoms with Gasteiger partial charge < -0.3 is 14.2 Å². The number of ether oxygens (including phenoxy) is 3. The molecule has 0 aliphatic rings. The maximum absolute atomic E-state index is 12.2. The van der Waals surface area contributed by atoms with Crippen molar-refractivity contribution in [1.82, 2.24) is 0 Å². The molecule has 0 saturated heterocycles. The lowest BCUT2D eigenvalue weighted by molar-refractivity contribution is 0.0733. The first-order valence-corrected chi connectivity index (χ1v) is 8.97. The lowest BCUT2D eigenvalue weighted by atomic mass is 10.2. The molecule has 0 N–H and O–H groups in total. The van der Waals surface area contributed by atoms with E-state index in [1.54, 1.807) is 37.4 Å². The van der Waals surface area contributed by atoms with E-state index in [4.69, 9.17) is 14.2 Å². The van der Waals surface area contributed by atoms with E-state index >= 15 is 0 Å². The minimum Gasteiger partial charge on any atom is -0.490 e. The molecule has 23 heavy (non-hydrogen) atoms. The van der Waals surface area contributed by atoms with E-state index in [1.807, 2.05) is 6.07 Å². The average Bonchev–Trinajstić information content (AvgIpc) is 2.51. The highest BCUT2D eigenvalue weighted by molar-refractivity contribution is 9.11. The van der Waals surface area contributed by atoms with Crippen molar-refractivity contribution in [3.63, 3.8) is 0 Å². The van der Waals surface area contributed by atoms with Crippen LogP contribution in [-0.2, 0) is 4.74 Å². The molecule has 0 unspecified atom stereocenters. The fourth-order valence-corrected chi connectivity index (χ4v) is 3.32. The number of halogens is 3. The van der Waals surface area contributed by atoms with Gasteiger partial charge in [0, 0.05) is 11.6 Å². The maximum Gasteiger partial charge on any atom is 0.343 e. The highest BCUT2D eigenvalue weighted by Gasteiger charge is 2.13. The summed E-state index contributed by atoms with van der Waals surface area (Å²) in [4.78, 5) is 12.2. The van der Waals surface area contributed by atoms with E-state index in [-0.39, 0.29) is 0 Å². The number of carbonyl (C=O) groups is 1. The first kappa shape index (κ1) is 18.4. The van der Waals surface area contributed by atoms with E-state index in [0.29, 0.717) is 39.2 Å².